The first-order valence-corrected chi connectivity index (χ1v) is 11.1. The first-order chi connectivity index (χ1) is 14.7. The standard InChI is InChI=1S/C24H24N2O3S/c1-2-14-29-24(28)21-19-9-8-18(16-6-4-3-5-7-16)15-20(19)30-23(21)26-22(27)17-10-12-25-13-11-17/h3-7,10-13,18H,2,8-9,14-15H2,1H3,(H,26,27). The number of carbonyl (C=O) groups excluding carboxylic acids is 2. The molecule has 5 nitrogen and oxygen atoms in total. The highest BCUT2D eigenvalue weighted by molar-refractivity contribution is 7.17. The Hall–Kier alpha value is -2.99. The lowest BCUT2D eigenvalue weighted by atomic mass is 9.83. The second-order valence-corrected chi connectivity index (χ2v) is 8.49. The number of amides is 1. The molecule has 1 aromatic carbocycles. The van der Waals surface area contributed by atoms with Gasteiger partial charge in [0.15, 0.2) is 0 Å². The van der Waals surface area contributed by atoms with Gasteiger partial charge in [-0.1, -0.05) is 37.3 Å². The molecule has 154 valence electrons. The summed E-state index contributed by atoms with van der Waals surface area (Å²) < 4.78 is 5.45. The van der Waals surface area contributed by atoms with Gasteiger partial charge in [-0.3, -0.25) is 9.78 Å². The minimum atomic E-state index is -0.350. The molecule has 0 radical (unpaired) electrons. The summed E-state index contributed by atoms with van der Waals surface area (Å²) in [6, 6.07) is 13.8. The summed E-state index contributed by atoms with van der Waals surface area (Å²) in [5, 5.41) is 3.53. The third-order valence-electron chi connectivity index (χ3n) is 5.35. The summed E-state index contributed by atoms with van der Waals surface area (Å²) in [5.74, 6) is -0.182. The second kappa shape index (κ2) is 9.22. The maximum absolute atomic E-state index is 12.9. The topological polar surface area (TPSA) is 68.3 Å². The quantitative estimate of drug-likeness (QED) is 0.554. The number of fused-ring (bicyclic) bond motifs is 1. The number of thiophene rings is 1. The van der Waals surface area contributed by atoms with Crippen LogP contribution >= 0.6 is 11.3 Å². The molecule has 0 spiro atoms. The second-order valence-electron chi connectivity index (χ2n) is 7.38. The highest BCUT2D eigenvalue weighted by atomic mass is 32.1. The molecule has 30 heavy (non-hydrogen) atoms. The van der Waals surface area contributed by atoms with Gasteiger partial charge in [-0.25, -0.2) is 4.79 Å². The first-order valence-electron chi connectivity index (χ1n) is 10.2. The number of nitrogens with one attached hydrogen (secondary N) is 1. The van der Waals surface area contributed by atoms with Gasteiger partial charge in [-0.2, -0.15) is 0 Å². The molecule has 6 heteroatoms. The predicted octanol–water partition coefficient (Wildman–Crippen LogP) is 5.23. The third kappa shape index (κ3) is 4.28. The molecule has 3 aromatic rings. The number of ether oxygens (including phenoxy) is 1. The van der Waals surface area contributed by atoms with Crippen LogP contribution in [-0.2, 0) is 17.6 Å². The van der Waals surface area contributed by atoms with Crippen LogP contribution in [0.1, 0.15) is 62.4 Å². The summed E-state index contributed by atoms with van der Waals surface area (Å²) >= 11 is 1.50. The van der Waals surface area contributed by atoms with E-state index in [0.29, 0.717) is 28.7 Å². The summed E-state index contributed by atoms with van der Waals surface area (Å²) in [6.07, 6.45) is 6.55. The molecule has 0 aliphatic heterocycles. The number of pyridine rings is 1. The predicted molar refractivity (Wildman–Crippen MR) is 118 cm³/mol. The van der Waals surface area contributed by atoms with Gasteiger partial charge >= 0.3 is 5.97 Å². The summed E-state index contributed by atoms with van der Waals surface area (Å²) in [6.45, 7) is 2.33. The van der Waals surface area contributed by atoms with Crippen molar-refractivity contribution < 1.29 is 14.3 Å². The maximum atomic E-state index is 12.9. The van der Waals surface area contributed by atoms with Crippen LogP contribution < -0.4 is 5.32 Å². The highest BCUT2D eigenvalue weighted by Gasteiger charge is 2.31. The van der Waals surface area contributed by atoms with Crippen LogP contribution in [0.4, 0.5) is 5.00 Å². The van der Waals surface area contributed by atoms with Crippen LogP contribution in [0.5, 0.6) is 0 Å². The Bertz CT molecular complexity index is 1030. The van der Waals surface area contributed by atoms with E-state index in [1.807, 2.05) is 13.0 Å². The third-order valence-corrected chi connectivity index (χ3v) is 6.52. The van der Waals surface area contributed by atoms with E-state index in [4.69, 9.17) is 4.74 Å². The highest BCUT2D eigenvalue weighted by Crippen LogP contribution is 2.43. The van der Waals surface area contributed by atoms with Crippen molar-refractivity contribution in [3.63, 3.8) is 0 Å². The molecule has 0 saturated heterocycles. The van der Waals surface area contributed by atoms with E-state index >= 15 is 0 Å². The van der Waals surface area contributed by atoms with E-state index in [-0.39, 0.29) is 11.9 Å². The molecule has 1 aliphatic rings. The SMILES string of the molecule is CCCOC(=O)c1c(NC(=O)c2ccncc2)sc2c1CCC(c1ccccc1)C2. The molecule has 1 N–H and O–H groups in total. The summed E-state index contributed by atoms with van der Waals surface area (Å²) in [5.41, 5.74) is 3.37. The fourth-order valence-corrected chi connectivity index (χ4v) is 5.16. The van der Waals surface area contributed by atoms with Crippen molar-refractivity contribution >= 4 is 28.2 Å². The van der Waals surface area contributed by atoms with Gasteiger partial charge in [0.2, 0.25) is 0 Å². The number of aromatic nitrogens is 1. The van der Waals surface area contributed by atoms with Gasteiger partial charge in [0.25, 0.3) is 5.91 Å². The van der Waals surface area contributed by atoms with Crippen molar-refractivity contribution in [3.8, 4) is 0 Å². The van der Waals surface area contributed by atoms with Crippen molar-refractivity contribution in [3.05, 3.63) is 82.0 Å². The Labute approximate surface area is 180 Å². The number of esters is 1. The lowest BCUT2D eigenvalue weighted by Gasteiger charge is -2.23. The Balaban J connectivity index is 1.65. The zero-order valence-electron chi connectivity index (χ0n) is 16.9. The smallest absolute Gasteiger partial charge is 0.341 e. The fourth-order valence-electron chi connectivity index (χ4n) is 3.85. The number of nitrogens with zero attached hydrogens (tertiary/aromatic N) is 1. The number of benzene rings is 1. The number of carbonyl (C=O) groups is 2. The van der Waals surface area contributed by atoms with Gasteiger partial charge < -0.3 is 10.1 Å². The number of hydrogen-bond donors (Lipinski definition) is 1. The zero-order chi connectivity index (χ0) is 20.9. The van der Waals surface area contributed by atoms with Crippen LogP contribution in [0.15, 0.2) is 54.9 Å². The van der Waals surface area contributed by atoms with Gasteiger partial charge in [0.1, 0.15) is 5.00 Å². The molecule has 1 unspecified atom stereocenters. The number of anilines is 1. The average Bonchev–Trinajstić information content (AvgIpc) is 3.15. The van der Waals surface area contributed by atoms with Crippen LogP contribution in [0.25, 0.3) is 0 Å². The normalized spacial score (nSPS) is 15.3. The molecule has 2 aromatic heterocycles. The monoisotopic (exact) mass is 420 g/mol. The van der Waals surface area contributed by atoms with E-state index < -0.39 is 0 Å². The summed E-state index contributed by atoms with van der Waals surface area (Å²) in [4.78, 5) is 30.7. The van der Waals surface area contributed by atoms with E-state index in [9.17, 15) is 9.59 Å². The van der Waals surface area contributed by atoms with Crippen LogP contribution in [0, 0.1) is 0 Å². The van der Waals surface area contributed by atoms with Crippen molar-refractivity contribution in [1.82, 2.24) is 4.98 Å². The Morgan fingerprint density at radius 3 is 2.67 bits per heavy atom. The zero-order valence-corrected chi connectivity index (χ0v) is 17.7. The van der Waals surface area contributed by atoms with E-state index in [1.165, 1.54) is 16.9 Å². The van der Waals surface area contributed by atoms with Crippen LogP contribution in [-0.4, -0.2) is 23.5 Å². The maximum Gasteiger partial charge on any atom is 0.341 e. The molecule has 0 bridgehead atoms. The molecular formula is C24H24N2O3S. The minimum Gasteiger partial charge on any atom is -0.462 e. The Kier molecular flexibility index (Phi) is 6.23. The van der Waals surface area contributed by atoms with Crippen LogP contribution in [0.2, 0.25) is 0 Å². The minimum absolute atomic E-state index is 0.250. The van der Waals surface area contributed by atoms with Crippen LogP contribution in [0.3, 0.4) is 0 Å². The number of hydrogen-bond acceptors (Lipinski definition) is 5. The lowest BCUT2D eigenvalue weighted by Crippen LogP contribution is -2.17. The number of rotatable bonds is 6. The van der Waals surface area contributed by atoms with Gasteiger partial charge in [-0.15, -0.1) is 11.3 Å². The van der Waals surface area contributed by atoms with Crippen molar-refractivity contribution in [1.29, 1.82) is 0 Å². The molecule has 0 fully saturated rings. The Morgan fingerprint density at radius 2 is 1.93 bits per heavy atom. The molecule has 4 rings (SSSR count). The van der Waals surface area contributed by atoms with Crippen molar-refractivity contribution in [2.24, 2.45) is 0 Å². The molecule has 1 amide bonds. The van der Waals surface area contributed by atoms with Gasteiger partial charge in [0, 0.05) is 22.8 Å². The van der Waals surface area contributed by atoms with Crippen molar-refractivity contribution in [2.75, 3.05) is 11.9 Å². The van der Waals surface area contributed by atoms with E-state index in [2.05, 4.69) is 34.6 Å². The lowest BCUT2D eigenvalue weighted by molar-refractivity contribution is 0.0505. The van der Waals surface area contributed by atoms with Crippen molar-refractivity contribution in [2.45, 2.75) is 38.5 Å². The van der Waals surface area contributed by atoms with E-state index in [1.54, 1.807) is 24.5 Å². The van der Waals surface area contributed by atoms with E-state index in [0.717, 1.165) is 36.1 Å². The average molecular weight is 421 g/mol. The molecule has 0 saturated carbocycles. The molecular weight excluding hydrogens is 396 g/mol. The summed E-state index contributed by atoms with van der Waals surface area (Å²) in [7, 11) is 0. The first kappa shape index (κ1) is 20.3. The molecule has 1 atom stereocenters. The van der Waals surface area contributed by atoms with Gasteiger partial charge in [0.05, 0.1) is 12.2 Å². The van der Waals surface area contributed by atoms with Gasteiger partial charge in [-0.05, 0) is 54.9 Å². The molecule has 2 heterocycles. The Morgan fingerprint density at radius 1 is 1.17 bits per heavy atom. The largest absolute Gasteiger partial charge is 0.462 e. The fraction of sp³-hybridized carbons (Fsp3) is 0.292. The molecule has 1 aliphatic carbocycles.